The zero-order valence-corrected chi connectivity index (χ0v) is 40.9. The van der Waals surface area contributed by atoms with Crippen molar-refractivity contribution < 1.29 is 28.6 Å². The quantitative estimate of drug-likeness (QED) is 0.0262. The summed E-state index contributed by atoms with van der Waals surface area (Å²) in [4.78, 5) is 38.0. The van der Waals surface area contributed by atoms with E-state index in [0.29, 0.717) is 19.3 Å². The van der Waals surface area contributed by atoms with E-state index in [1.807, 2.05) is 0 Å². The first-order chi connectivity index (χ1) is 30.0. The lowest BCUT2D eigenvalue weighted by Crippen LogP contribution is -2.30. The van der Waals surface area contributed by atoms with Gasteiger partial charge < -0.3 is 14.2 Å². The zero-order valence-electron chi connectivity index (χ0n) is 40.9. The molecular formula is C55H102O6. The van der Waals surface area contributed by atoms with Crippen molar-refractivity contribution in [2.24, 2.45) is 0 Å². The standard InChI is InChI=1S/C55H102O6/c1-4-7-10-13-16-19-22-25-27-28-29-31-33-36-39-42-45-48-54(57)60-51-52(50-59-53(56)47-44-41-38-35-32-24-21-18-15-12-9-6-3)61-55(58)49-46-43-40-37-34-30-26-23-20-17-14-11-8-5-2/h23,25-27,52H,4-22,24,28-51H2,1-3H3/b26-23-,27-25-. The van der Waals surface area contributed by atoms with Gasteiger partial charge in [-0.1, -0.05) is 225 Å². The van der Waals surface area contributed by atoms with E-state index in [4.69, 9.17) is 14.2 Å². The van der Waals surface area contributed by atoms with Crippen molar-refractivity contribution in [3.8, 4) is 0 Å². The Morgan fingerprint density at radius 1 is 0.311 bits per heavy atom. The van der Waals surface area contributed by atoms with Gasteiger partial charge in [-0.15, -0.1) is 0 Å². The molecule has 1 atom stereocenters. The van der Waals surface area contributed by atoms with Crippen molar-refractivity contribution in [1.82, 2.24) is 0 Å². The molecule has 6 nitrogen and oxygen atoms in total. The second-order valence-electron chi connectivity index (χ2n) is 18.1. The van der Waals surface area contributed by atoms with Crippen LogP contribution in [0.15, 0.2) is 24.3 Å². The van der Waals surface area contributed by atoms with Crippen molar-refractivity contribution >= 4 is 17.9 Å². The Morgan fingerprint density at radius 2 is 0.541 bits per heavy atom. The summed E-state index contributed by atoms with van der Waals surface area (Å²) in [6.07, 6.45) is 57.3. The second-order valence-corrected chi connectivity index (χ2v) is 18.1. The molecule has 0 N–H and O–H groups in total. The summed E-state index contributed by atoms with van der Waals surface area (Å²) < 4.78 is 16.8. The lowest BCUT2D eigenvalue weighted by atomic mass is 10.0. The molecule has 0 aromatic heterocycles. The number of unbranched alkanes of at least 4 members (excludes halogenated alkanes) is 34. The van der Waals surface area contributed by atoms with E-state index >= 15 is 0 Å². The van der Waals surface area contributed by atoms with E-state index in [1.165, 1.54) is 186 Å². The molecule has 0 bridgehead atoms. The number of allylic oxidation sites excluding steroid dienone is 4. The van der Waals surface area contributed by atoms with E-state index in [0.717, 1.165) is 64.2 Å². The Labute approximate surface area is 379 Å². The number of esters is 3. The smallest absolute Gasteiger partial charge is 0.306 e. The fourth-order valence-electron chi connectivity index (χ4n) is 7.84. The van der Waals surface area contributed by atoms with E-state index < -0.39 is 6.10 Å². The van der Waals surface area contributed by atoms with E-state index in [9.17, 15) is 14.4 Å². The highest BCUT2D eigenvalue weighted by Crippen LogP contribution is 2.15. The van der Waals surface area contributed by atoms with Crippen LogP contribution in [0.25, 0.3) is 0 Å². The van der Waals surface area contributed by atoms with Gasteiger partial charge in [0.15, 0.2) is 6.10 Å². The molecule has 0 radical (unpaired) electrons. The molecule has 0 aromatic rings. The van der Waals surface area contributed by atoms with Gasteiger partial charge in [0.1, 0.15) is 13.2 Å². The number of rotatable bonds is 49. The minimum atomic E-state index is -0.772. The monoisotopic (exact) mass is 859 g/mol. The summed E-state index contributed by atoms with van der Waals surface area (Å²) >= 11 is 0. The normalized spacial score (nSPS) is 12.1. The maximum atomic E-state index is 12.8. The Morgan fingerprint density at radius 3 is 0.820 bits per heavy atom. The highest BCUT2D eigenvalue weighted by Gasteiger charge is 2.19. The van der Waals surface area contributed by atoms with Crippen LogP contribution < -0.4 is 0 Å². The summed E-state index contributed by atoms with van der Waals surface area (Å²) in [5, 5.41) is 0. The SMILES string of the molecule is CCCCCCC/C=C\CCCCCCCC(=O)OC(COC(=O)CCCCCCCCC/C=C\CCCCCCCC)COC(=O)CCCCCCCCCCCCCC. The lowest BCUT2D eigenvalue weighted by Gasteiger charge is -2.18. The van der Waals surface area contributed by atoms with Gasteiger partial charge in [0.05, 0.1) is 0 Å². The highest BCUT2D eigenvalue weighted by molar-refractivity contribution is 5.71. The average Bonchev–Trinajstić information content (AvgIpc) is 3.26. The topological polar surface area (TPSA) is 78.9 Å². The first-order valence-electron chi connectivity index (χ1n) is 26.8. The number of hydrogen-bond donors (Lipinski definition) is 0. The predicted octanol–water partition coefficient (Wildman–Crippen LogP) is 17.5. The summed E-state index contributed by atoms with van der Waals surface area (Å²) in [6, 6.07) is 0. The van der Waals surface area contributed by atoms with Crippen molar-refractivity contribution in [2.45, 2.75) is 297 Å². The molecule has 1 unspecified atom stereocenters. The predicted molar refractivity (Wildman–Crippen MR) is 261 cm³/mol. The number of ether oxygens (including phenoxy) is 3. The maximum Gasteiger partial charge on any atom is 0.306 e. The molecule has 0 rings (SSSR count). The number of carbonyl (C=O) groups is 3. The Kier molecular flexibility index (Phi) is 48.8. The maximum absolute atomic E-state index is 12.8. The third kappa shape index (κ3) is 48.8. The summed E-state index contributed by atoms with van der Waals surface area (Å²) in [7, 11) is 0. The molecule has 61 heavy (non-hydrogen) atoms. The Balaban J connectivity index is 4.34. The van der Waals surface area contributed by atoms with Crippen LogP contribution in [0.5, 0.6) is 0 Å². The zero-order chi connectivity index (χ0) is 44.4. The number of carbonyl (C=O) groups excluding carboxylic acids is 3. The third-order valence-corrected chi connectivity index (χ3v) is 11.9. The largest absolute Gasteiger partial charge is 0.462 e. The Hall–Kier alpha value is -2.11. The van der Waals surface area contributed by atoms with Crippen LogP contribution in [-0.2, 0) is 28.6 Å². The molecule has 0 aliphatic carbocycles. The molecule has 0 aliphatic rings. The molecule has 0 heterocycles. The second kappa shape index (κ2) is 50.5. The van der Waals surface area contributed by atoms with Gasteiger partial charge in [-0.05, 0) is 70.6 Å². The van der Waals surface area contributed by atoms with Crippen LogP contribution in [-0.4, -0.2) is 37.2 Å². The molecule has 0 aromatic carbocycles. The van der Waals surface area contributed by atoms with Gasteiger partial charge in [-0.25, -0.2) is 0 Å². The van der Waals surface area contributed by atoms with Crippen molar-refractivity contribution in [1.29, 1.82) is 0 Å². The average molecular weight is 859 g/mol. The number of hydrogen-bond acceptors (Lipinski definition) is 6. The molecule has 0 saturated heterocycles. The molecule has 0 spiro atoms. The van der Waals surface area contributed by atoms with Crippen molar-refractivity contribution in [2.75, 3.05) is 13.2 Å². The van der Waals surface area contributed by atoms with Gasteiger partial charge >= 0.3 is 17.9 Å². The Bertz CT molecular complexity index is 989. The van der Waals surface area contributed by atoms with Gasteiger partial charge in [-0.3, -0.25) is 14.4 Å². The molecule has 0 saturated carbocycles. The van der Waals surface area contributed by atoms with Crippen LogP contribution in [0.4, 0.5) is 0 Å². The van der Waals surface area contributed by atoms with Crippen LogP contribution in [0.1, 0.15) is 290 Å². The van der Waals surface area contributed by atoms with Crippen molar-refractivity contribution in [3.63, 3.8) is 0 Å². The van der Waals surface area contributed by atoms with Crippen LogP contribution in [0, 0.1) is 0 Å². The highest BCUT2D eigenvalue weighted by atomic mass is 16.6. The summed E-state index contributed by atoms with van der Waals surface area (Å²) in [6.45, 7) is 6.64. The first-order valence-corrected chi connectivity index (χ1v) is 26.8. The third-order valence-electron chi connectivity index (χ3n) is 11.9. The minimum absolute atomic E-state index is 0.0721. The van der Waals surface area contributed by atoms with Gasteiger partial charge in [-0.2, -0.15) is 0 Å². The minimum Gasteiger partial charge on any atom is -0.462 e. The fraction of sp³-hybridized carbons (Fsp3) is 0.873. The molecular weight excluding hydrogens is 757 g/mol. The molecule has 0 amide bonds. The van der Waals surface area contributed by atoms with E-state index in [1.54, 1.807) is 0 Å². The van der Waals surface area contributed by atoms with Gasteiger partial charge in [0.25, 0.3) is 0 Å². The van der Waals surface area contributed by atoms with Crippen LogP contribution in [0.3, 0.4) is 0 Å². The summed E-state index contributed by atoms with van der Waals surface area (Å²) in [5.74, 6) is -0.871. The van der Waals surface area contributed by atoms with Gasteiger partial charge in [0, 0.05) is 19.3 Å². The molecule has 358 valence electrons. The molecule has 0 aliphatic heterocycles. The summed E-state index contributed by atoms with van der Waals surface area (Å²) in [5.41, 5.74) is 0. The van der Waals surface area contributed by atoms with Crippen LogP contribution >= 0.6 is 0 Å². The fourth-order valence-corrected chi connectivity index (χ4v) is 7.84. The van der Waals surface area contributed by atoms with E-state index in [-0.39, 0.29) is 31.1 Å². The first kappa shape index (κ1) is 58.9. The molecule has 0 fully saturated rings. The van der Waals surface area contributed by atoms with E-state index in [2.05, 4.69) is 45.1 Å². The molecule has 6 heteroatoms. The van der Waals surface area contributed by atoms with Gasteiger partial charge in [0.2, 0.25) is 0 Å². The van der Waals surface area contributed by atoms with Crippen molar-refractivity contribution in [3.05, 3.63) is 24.3 Å². The lowest BCUT2D eigenvalue weighted by molar-refractivity contribution is -0.167. The van der Waals surface area contributed by atoms with Crippen LogP contribution in [0.2, 0.25) is 0 Å².